The number of hydrogen-bond acceptors (Lipinski definition) is 4. The number of nitrogens with zero attached hydrogens (tertiary/aromatic N) is 3. The van der Waals surface area contributed by atoms with E-state index >= 15 is 0 Å². The highest BCUT2D eigenvalue weighted by Gasteiger charge is 2.36. The SMILES string of the molecule is CNC(=O)CCCNC(=O)c1ccc(-n2nc(-c3cccnc3)cc2C(F)(F)F)cc1. The van der Waals surface area contributed by atoms with Crippen LogP contribution in [0.5, 0.6) is 0 Å². The van der Waals surface area contributed by atoms with Gasteiger partial charge in [0.25, 0.3) is 5.91 Å². The standard InChI is InChI=1S/C21H20F3N5O2/c1-25-19(30)5-3-11-27-20(31)14-6-8-16(9-7-14)29-18(21(22,23)24)12-17(28-29)15-4-2-10-26-13-15/h2,4,6-10,12-13H,3,5,11H2,1H3,(H,25,30)(H,27,31). The maximum absolute atomic E-state index is 13.6. The quantitative estimate of drug-likeness (QED) is 0.563. The number of carbonyl (C=O) groups excluding carboxylic acids is 2. The van der Waals surface area contributed by atoms with Gasteiger partial charge in [0.15, 0.2) is 0 Å². The molecule has 2 amide bonds. The van der Waals surface area contributed by atoms with Crippen molar-refractivity contribution in [3.05, 3.63) is 66.1 Å². The Kier molecular flexibility index (Phi) is 6.68. The highest BCUT2D eigenvalue weighted by Crippen LogP contribution is 2.33. The molecule has 7 nitrogen and oxygen atoms in total. The molecule has 0 saturated carbocycles. The summed E-state index contributed by atoms with van der Waals surface area (Å²) in [6, 6.07) is 9.85. The second-order valence-corrected chi connectivity index (χ2v) is 6.65. The molecule has 3 aromatic rings. The molecule has 0 aliphatic rings. The van der Waals surface area contributed by atoms with Gasteiger partial charge >= 0.3 is 6.18 Å². The third-order valence-corrected chi connectivity index (χ3v) is 4.48. The van der Waals surface area contributed by atoms with Crippen molar-refractivity contribution in [3.8, 4) is 16.9 Å². The fourth-order valence-corrected chi connectivity index (χ4v) is 2.87. The van der Waals surface area contributed by atoms with Gasteiger partial charge in [0.05, 0.1) is 11.4 Å². The second kappa shape index (κ2) is 9.41. The maximum atomic E-state index is 13.6. The number of rotatable bonds is 7. The number of halogens is 3. The number of hydrogen-bond donors (Lipinski definition) is 2. The van der Waals surface area contributed by atoms with Crippen molar-refractivity contribution in [1.29, 1.82) is 0 Å². The fraction of sp³-hybridized carbons (Fsp3) is 0.238. The third kappa shape index (κ3) is 5.47. The van der Waals surface area contributed by atoms with Gasteiger partial charge in [-0.25, -0.2) is 4.68 Å². The van der Waals surface area contributed by atoms with Crippen LogP contribution in [0.2, 0.25) is 0 Å². The Bertz CT molecular complexity index is 1050. The summed E-state index contributed by atoms with van der Waals surface area (Å²) in [7, 11) is 1.53. The molecular formula is C21H20F3N5O2. The van der Waals surface area contributed by atoms with E-state index in [2.05, 4.69) is 20.7 Å². The van der Waals surface area contributed by atoms with E-state index in [0.29, 0.717) is 18.5 Å². The largest absolute Gasteiger partial charge is 0.433 e. The summed E-state index contributed by atoms with van der Waals surface area (Å²) in [5.41, 5.74) is 0.117. The maximum Gasteiger partial charge on any atom is 0.433 e. The van der Waals surface area contributed by atoms with E-state index in [1.165, 1.54) is 43.7 Å². The minimum atomic E-state index is -4.62. The summed E-state index contributed by atoms with van der Waals surface area (Å²) in [6.07, 6.45) is -0.899. The van der Waals surface area contributed by atoms with E-state index in [-0.39, 0.29) is 35.2 Å². The Hall–Kier alpha value is -3.69. The minimum absolute atomic E-state index is 0.121. The average molecular weight is 431 g/mol. The number of nitrogens with one attached hydrogen (secondary N) is 2. The second-order valence-electron chi connectivity index (χ2n) is 6.65. The van der Waals surface area contributed by atoms with Gasteiger partial charge in [-0.2, -0.15) is 18.3 Å². The Morgan fingerprint density at radius 1 is 1.13 bits per heavy atom. The molecule has 0 atom stereocenters. The number of carbonyl (C=O) groups is 2. The van der Waals surface area contributed by atoms with Crippen LogP contribution in [0.15, 0.2) is 54.9 Å². The van der Waals surface area contributed by atoms with Gasteiger partial charge in [-0.15, -0.1) is 0 Å². The average Bonchev–Trinajstić information content (AvgIpc) is 3.23. The van der Waals surface area contributed by atoms with Gasteiger partial charge in [-0.05, 0) is 48.9 Å². The van der Waals surface area contributed by atoms with E-state index in [0.717, 1.165) is 10.7 Å². The summed E-state index contributed by atoms with van der Waals surface area (Å²) in [4.78, 5) is 27.3. The lowest BCUT2D eigenvalue weighted by Crippen LogP contribution is -2.26. The van der Waals surface area contributed by atoms with Crippen molar-refractivity contribution in [2.24, 2.45) is 0 Å². The third-order valence-electron chi connectivity index (χ3n) is 4.48. The molecule has 0 radical (unpaired) electrons. The minimum Gasteiger partial charge on any atom is -0.359 e. The monoisotopic (exact) mass is 431 g/mol. The lowest BCUT2D eigenvalue weighted by Gasteiger charge is -2.11. The molecule has 0 aliphatic carbocycles. The summed E-state index contributed by atoms with van der Waals surface area (Å²) in [5.74, 6) is -0.500. The van der Waals surface area contributed by atoms with Crippen LogP contribution in [0.3, 0.4) is 0 Å². The molecule has 1 aromatic carbocycles. The van der Waals surface area contributed by atoms with E-state index < -0.39 is 11.9 Å². The molecule has 0 saturated heterocycles. The van der Waals surface area contributed by atoms with Crippen LogP contribution in [0, 0.1) is 0 Å². The van der Waals surface area contributed by atoms with Crippen molar-refractivity contribution in [2.75, 3.05) is 13.6 Å². The highest BCUT2D eigenvalue weighted by atomic mass is 19.4. The number of aromatic nitrogens is 3. The fourth-order valence-electron chi connectivity index (χ4n) is 2.87. The molecular weight excluding hydrogens is 411 g/mol. The van der Waals surface area contributed by atoms with Crippen molar-refractivity contribution in [2.45, 2.75) is 19.0 Å². The van der Waals surface area contributed by atoms with Crippen LogP contribution in [0.25, 0.3) is 16.9 Å². The molecule has 3 rings (SSSR count). The molecule has 0 fully saturated rings. The van der Waals surface area contributed by atoms with Gasteiger partial charge < -0.3 is 10.6 Å². The van der Waals surface area contributed by atoms with Gasteiger partial charge in [-0.1, -0.05) is 0 Å². The molecule has 2 N–H and O–H groups in total. The Morgan fingerprint density at radius 3 is 2.48 bits per heavy atom. The molecule has 0 aliphatic heterocycles. The molecule has 2 aromatic heterocycles. The van der Waals surface area contributed by atoms with Gasteiger partial charge in [-0.3, -0.25) is 14.6 Å². The van der Waals surface area contributed by atoms with Gasteiger partial charge in [0, 0.05) is 43.5 Å². The Labute approximate surface area is 176 Å². The molecule has 0 bridgehead atoms. The number of alkyl halides is 3. The molecule has 31 heavy (non-hydrogen) atoms. The zero-order valence-electron chi connectivity index (χ0n) is 16.6. The van der Waals surface area contributed by atoms with Crippen LogP contribution < -0.4 is 10.6 Å². The van der Waals surface area contributed by atoms with E-state index in [1.54, 1.807) is 12.1 Å². The summed E-state index contributed by atoms with van der Waals surface area (Å²) >= 11 is 0. The van der Waals surface area contributed by atoms with Crippen LogP contribution in [0.4, 0.5) is 13.2 Å². The van der Waals surface area contributed by atoms with Crippen LogP contribution >= 0.6 is 0 Å². The lowest BCUT2D eigenvalue weighted by atomic mass is 10.2. The topological polar surface area (TPSA) is 88.9 Å². The van der Waals surface area contributed by atoms with E-state index in [4.69, 9.17) is 0 Å². The molecule has 2 heterocycles. The van der Waals surface area contributed by atoms with E-state index in [1.807, 2.05) is 0 Å². The van der Waals surface area contributed by atoms with Crippen molar-refractivity contribution < 1.29 is 22.8 Å². The summed E-state index contributed by atoms with van der Waals surface area (Å²) < 4.78 is 41.5. The van der Waals surface area contributed by atoms with Crippen molar-refractivity contribution in [1.82, 2.24) is 25.4 Å². The Balaban J connectivity index is 1.78. The first kappa shape index (κ1) is 22.0. The summed E-state index contributed by atoms with van der Waals surface area (Å²) in [6.45, 7) is 0.305. The highest BCUT2D eigenvalue weighted by molar-refractivity contribution is 5.94. The van der Waals surface area contributed by atoms with Crippen LogP contribution in [-0.2, 0) is 11.0 Å². The first-order valence-corrected chi connectivity index (χ1v) is 9.46. The smallest absolute Gasteiger partial charge is 0.359 e. The predicted molar refractivity (Wildman–Crippen MR) is 107 cm³/mol. The molecule has 10 heteroatoms. The van der Waals surface area contributed by atoms with Gasteiger partial charge in [0.1, 0.15) is 5.69 Å². The molecule has 162 valence electrons. The number of pyridine rings is 1. The van der Waals surface area contributed by atoms with Crippen molar-refractivity contribution >= 4 is 11.8 Å². The molecule has 0 spiro atoms. The zero-order chi connectivity index (χ0) is 22.4. The van der Waals surface area contributed by atoms with Crippen molar-refractivity contribution in [3.63, 3.8) is 0 Å². The number of amides is 2. The first-order valence-electron chi connectivity index (χ1n) is 9.46. The van der Waals surface area contributed by atoms with Crippen LogP contribution in [-0.4, -0.2) is 40.2 Å². The lowest BCUT2D eigenvalue weighted by molar-refractivity contribution is -0.142. The number of benzene rings is 1. The normalized spacial score (nSPS) is 11.2. The molecule has 0 unspecified atom stereocenters. The zero-order valence-corrected chi connectivity index (χ0v) is 16.6. The Morgan fingerprint density at radius 2 is 1.87 bits per heavy atom. The van der Waals surface area contributed by atoms with Gasteiger partial charge in [0.2, 0.25) is 5.91 Å². The first-order chi connectivity index (χ1) is 14.8. The predicted octanol–water partition coefficient (Wildman–Crippen LogP) is 3.21. The van der Waals surface area contributed by atoms with E-state index in [9.17, 15) is 22.8 Å². The summed E-state index contributed by atoms with van der Waals surface area (Å²) in [5, 5.41) is 9.26. The van der Waals surface area contributed by atoms with Crippen LogP contribution in [0.1, 0.15) is 28.9 Å².